The topological polar surface area (TPSA) is 58.6 Å². The minimum Gasteiger partial charge on any atom is -0.481 e. The van der Waals surface area contributed by atoms with E-state index >= 15 is 0 Å². The molecule has 1 fully saturated rings. The third-order valence-corrected chi connectivity index (χ3v) is 4.08. The summed E-state index contributed by atoms with van der Waals surface area (Å²) in [7, 11) is 0. The van der Waals surface area contributed by atoms with E-state index in [1.54, 1.807) is 6.92 Å². The largest absolute Gasteiger partial charge is 0.481 e. The van der Waals surface area contributed by atoms with Crippen molar-refractivity contribution in [3.8, 4) is 0 Å². The van der Waals surface area contributed by atoms with Crippen molar-refractivity contribution in [1.82, 2.24) is 5.32 Å². The van der Waals surface area contributed by atoms with Crippen LogP contribution in [0.25, 0.3) is 0 Å². The van der Waals surface area contributed by atoms with Gasteiger partial charge in [-0.05, 0) is 37.1 Å². The molecule has 18 heavy (non-hydrogen) atoms. The van der Waals surface area contributed by atoms with E-state index in [1.807, 2.05) is 0 Å². The van der Waals surface area contributed by atoms with Gasteiger partial charge in [-0.1, -0.05) is 20.8 Å². The minimum atomic E-state index is -0.708. The summed E-state index contributed by atoms with van der Waals surface area (Å²) in [5, 5.41) is 12.2. The van der Waals surface area contributed by atoms with Crippen molar-refractivity contribution in [2.45, 2.75) is 40.0 Å². The Balaban J connectivity index is 2.22. The third kappa shape index (κ3) is 4.94. The van der Waals surface area contributed by atoms with E-state index < -0.39 is 5.97 Å². The molecule has 1 atom stereocenters. The zero-order valence-electron chi connectivity index (χ0n) is 11.9. The number of hydrogen-bond donors (Lipinski definition) is 2. The molecule has 1 rings (SSSR count). The highest BCUT2D eigenvalue weighted by Gasteiger charge is 2.30. The normalized spacial score (nSPS) is 19.7. The Morgan fingerprint density at radius 2 is 2.06 bits per heavy atom. The Morgan fingerprint density at radius 1 is 1.44 bits per heavy atom. The summed E-state index contributed by atoms with van der Waals surface area (Å²) < 4.78 is 5.39. The van der Waals surface area contributed by atoms with Gasteiger partial charge in [0.15, 0.2) is 0 Å². The summed E-state index contributed by atoms with van der Waals surface area (Å²) in [6, 6.07) is 0. The average molecular weight is 257 g/mol. The van der Waals surface area contributed by atoms with Crippen LogP contribution in [-0.4, -0.2) is 37.4 Å². The molecule has 0 radical (unpaired) electrons. The molecule has 1 heterocycles. The lowest BCUT2D eigenvalue weighted by Crippen LogP contribution is -2.39. The van der Waals surface area contributed by atoms with Gasteiger partial charge in [-0.25, -0.2) is 0 Å². The summed E-state index contributed by atoms with van der Waals surface area (Å²) in [4.78, 5) is 10.7. The number of carboxylic acids is 1. The van der Waals surface area contributed by atoms with Crippen molar-refractivity contribution in [1.29, 1.82) is 0 Å². The predicted octanol–water partition coefficient (Wildman–Crippen LogP) is 2.14. The molecule has 2 N–H and O–H groups in total. The number of ether oxygens (including phenoxy) is 1. The summed E-state index contributed by atoms with van der Waals surface area (Å²) in [5.41, 5.74) is 0.260. The van der Waals surface area contributed by atoms with Crippen molar-refractivity contribution < 1.29 is 14.6 Å². The molecule has 0 aromatic rings. The van der Waals surface area contributed by atoms with E-state index in [-0.39, 0.29) is 11.3 Å². The molecule has 1 unspecified atom stereocenters. The standard InChI is InChI=1S/C14H27NO3/c1-11(13(16)17)4-7-15-10-14(2,3)12-5-8-18-9-6-12/h11-12,15H,4-10H2,1-3H3,(H,16,17). The number of rotatable bonds is 7. The molecule has 1 aliphatic heterocycles. The van der Waals surface area contributed by atoms with Gasteiger partial charge in [0.05, 0.1) is 5.92 Å². The van der Waals surface area contributed by atoms with Crippen LogP contribution in [0.5, 0.6) is 0 Å². The number of carbonyl (C=O) groups is 1. The van der Waals surface area contributed by atoms with Gasteiger partial charge in [-0.15, -0.1) is 0 Å². The van der Waals surface area contributed by atoms with E-state index in [2.05, 4.69) is 19.2 Å². The van der Waals surface area contributed by atoms with Crippen molar-refractivity contribution in [3.63, 3.8) is 0 Å². The first kappa shape index (κ1) is 15.4. The smallest absolute Gasteiger partial charge is 0.306 e. The van der Waals surface area contributed by atoms with Crippen LogP contribution in [0.4, 0.5) is 0 Å². The van der Waals surface area contributed by atoms with Crippen molar-refractivity contribution in [3.05, 3.63) is 0 Å². The van der Waals surface area contributed by atoms with E-state index in [9.17, 15) is 4.79 Å². The highest BCUT2D eigenvalue weighted by molar-refractivity contribution is 5.69. The van der Waals surface area contributed by atoms with Gasteiger partial charge in [0.2, 0.25) is 0 Å². The Kier molecular flexibility index (Phi) is 6.09. The fraction of sp³-hybridized carbons (Fsp3) is 0.929. The van der Waals surface area contributed by atoms with Crippen LogP contribution in [0.15, 0.2) is 0 Å². The Morgan fingerprint density at radius 3 is 2.61 bits per heavy atom. The molecule has 0 saturated carbocycles. The fourth-order valence-corrected chi connectivity index (χ4v) is 2.48. The number of hydrogen-bond acceptors (Lipinski definition) is 3. The van der Waals surface area contributed by atoms with E-state index in [1.165, 1.54) is 0 Å². The molecular weight excluding hydrogens is 230 g/mol. The molecule has 106 valence electrons. The second kappa shape index (κ2) is 7.10. The maximum absolute atomic E-state index is 10.7. The molecule has 4 heteroatoms. The molecule has 4 nitrogen and oxygen atoms in total. The lowest BCUT2D eigenvalue weighted by Gasteiger charge is -2.37. The van der Waals surface area contributed by atoms with Gasteiger partial charge in [-0.2, -0.15) is 0 Å². The third-order valence-electron chi connectivity index (χ3n) is 4.08. The fourth-order valence-electron chi connectivity index (χ4n) is 2.48. The van der Waals surface area contributed by atoms with E-state index in [0.29, 0.717) is 12.3 Å². The number of carboxylic acid groups (broad SMARTS) is 1. The molecule has 1 saturated heterocycles. The van der Waals surface area contributed by atoms with Gasteiger partial charge in [0, 0.05) is 19.8 Å². The second-order valence-electron chi connectivity index (χ2n) is 6.08. The minimum absolute atomic E-state index is 0.260. The zero-order valence-corrected chi connectivity index (χ0v) is 11.9. The zero-order chi connectivity index (χ0) is 13.6. The van der Waals surface area contributed by atoms with Crippen molar-refractivity contribution in [2.24, 2.45) is 17.3 Å². The maximum atomic E-state index is 10.7. The van der Waals surface area contributed by atoms with Crippen LogP contribution in [0.1, 0.15) is 40.0 Å². The number of nitrogens with one attached hydrogen (secondary N) is 1. The summed E-state index contributed by atoms with van der Waals surface area (Å²) >= 11 is 0. The van der Waals surface area contributed by atoms with Crippen LogP contribution in [0.2, 0.25) is 0 Å². The summed E-state index contributed by atoms with van der Waals surface area (Å²) in [5.74, 6) is -0.264. The molecule has 0 aliphatic carbocycles. The lowest BCUT2D eigenvalue weighted by atomic mass is 9.74. The maximum Gasteiger partial charge on any atom is 0.306 e. The molecular formula is C14H27NO3. The molecule has 0 aromatic carbocycles. The first-order chi connectivity index (χ1) is 8.43. The van der Waals surface area contributed by atoms with Crippen LogP contribution in [0.3, 0.4) is 0 Å². The monoisotopic (exact) mass is 257 g/mol. The first-order valence-corrected chi connectivity index (χ1v) is 6.95. The Hall–Kier alpha value is -0.610. The van der Waals surface area contributed by atoms with Crippen molar-refractivity contribution in [2.75, 3.05) is 26.3 Å². The average Bonchev–Trinajstić information content (AvgIpc) is 2.35. The lowest BCUT2D eigenvalue weighted by molar-refractivity contribution is -0.141. The molecule has 0 bridgehead atoms. The molecule has 0 amide bonds. The van der Waals surface area contributed by atoms with Gasteiger partial charge < -0.3 is 15.2 Å². The molecule has 0 spiro atoms. The predicted molar refractivity (Wildman–Crippen MR) is 71.6 cm³/mol. The van der Waals surface area contributed by atoms with Gasteiger partial charge in [0.25, 0.3) is 0 Å². The highest BCUT2D eigenvalue weighted by Crippen LogP contribution is 2.33. The highest BCUT2D eigenvalue weighted by atomic mass is 16.5. The second-order valence-corrected chi connectivity index (χ2v) is 6.08. The SMILES string of the molecule is CC(CCNCC(C)(C)C1CCOCC1)C(=O)O. The molecule has 0 aromatic heterocycles. The first-order valence-electron chi connectivity index (χ1n) is 6.95. The summed E-state index contributed by atoms with van der Waals surface area (Å²) in [6.45, 7) is 9.82. The Bertz CT molecular complexity index is 260. The van der Waals surface area contributed by atoms with Crippen LogP contribution in [-0.2, 0) is 9.53 Å². The Labute approximate surface area is 110 Å². The molecule has 1 aliphatic rings. The van der Waals surface area contributed by atoms with Crippen LogP contribution < -0.4 is 5.32 Å². The van der Waals surface area contributed by atoms with Gasteiger partial charge >= 0.3 is 5.97 Å². The van der Waals surface area contributed by atoms with E-state index in [4.69, 9.17) is 9.84 Å². The summed E-state index contributed by atoms with van der Waals surface area (Å²) in [6.07, 6.45) is 2.97. The van der Waals surface area contributed by atoms with Gasteiger partial charge in [-0.3, -0.25) is 4.79 Å². The number of aliphatic carboxylic acids is 1. The van der Waals surface area contributed by atoms with Gasteiger partial charge in [0.1, 0.15) is 0 Å². The van der Waals surface area contributed by atoms with Crippen LogP contribution in [0, 0.1) is 17.3 Å². The quantitative estimate of drug-likeness (QED) is 0.686. The van der Waals surface area contributed by atoms with Crippen LogP contribution >= 0.6 is 0 Å². The van der Waals surface area contributed by atoms with Crippen molar-refractivity contribution >= 4 is 5.97 Å². The van der Waals surface area contributed by atoms with E-state index in [0.717, 1.165) is 39.1 Å².